The number of rotatable bonds is 6. The number of hydrogen-bond acceptors (Lipinski definition) is 7. The van der Waals surface area contributed by atoms with E-state index in [1.54, 1.807) is 7.11 Å². The SMILES string of the molecule is CO[C@H]1CC[C@H](Nc2ncc(C(N)=O)c(N[C@H]3CCCC(O)C3)n2)CC1. The molecular weight excluding hydrogens is 334 g/mol. The van der Waals surface area contributed by atoms with Crippen molar-refractivity contribution in [2.24, 2.45) is 5.73 Å². The average molecular weight is 363 g/mol. The van der Waals surface area contributed by atoms with Crippen molar-refractivity contribution in [3.63, 3.8) is 0 Å². The molecule has 2 aliphatic carbocycles. The second-order valence-electron chi connectivity index (χ2n) is 7.34. The molecule has 1 heterocycles. The van der Waals surface area contributed by atoms with Gasteiger partial charge in [-0.15, -0.1) is 0 Å². The first-order valence-corrected chi connectivity index (χ1v) is 9.46. The van der Waals surface area contributed by atoms with Crippen LogP contribution in [0.5, 0.6) is 0 Å². The summed E-state index contributed by atoms with van der Waals surface area (Å²) in [6.07, 6.45) is 8.86. The van der Waals surface area contributed by atoms with E-state index in [4.69, 9.17) is 10.5 Å². The Labute approximate surface area is 153 Å². The minimum Gasteiger partial charge on any atom is -0.393 e. The average Bonchev–Trinajstić information content (AvgIpc) is 2.62. The van der Waals surface area contributed by atoms with Crippen LogP contribution in [0, 0.1) is 0 Å². The highest BCUT2D eigenvalue weighted by Crippen LogP contribution is 2.25. The molecule has 8 nitrogen and oxygen atoms in total. The largest absolute Gasteiger partial charge is 0.393 e. The fraction of sp³-hybridized carbons (Fsp3) is 0.722. The lowest BCUT2D eigenvalue weighted by atomic mass is 9.93. The van der Waals surface area contributed by atoms with Crippen molar-refractivity contribution < 1.29 is 14.6 Å². The molecule has 1 amide bonds. The van der Waals surface area contributed by atoms with Crippen molar-refractivity contribution in [2.75, 3.05) is 17.7 Å². The number of primary amides is 1. The maximum atomic E-state index is 11.7. The molecule has 0 saturated heterocycles. The zero-order valence-corrected chi connectivity index (χ0v) is 15.3. The lowest BCUT2D eigenvalue weighted by Crippen LogP contribution is -2.32. The van der Waals surface area contributed by atoms with Gasteiger partial charge in [-0.1, -0.05) is 0 Å². The summed E-state index contributed by atoms with van der Waals surface area (Å²) in [6, 6.07) is 0.377. The monoisotopic (exact) mass is 363 g/mol. The Bertz CT molecular complexity index is 619. The minimum atomic E-state index is -0.559. The fourth-order valence-corrected chi connectivity index (χ4v) is 3.86. The first-order valence-electron chi connectivity index (χ1n) is 9.46. The first kappa shape index (κ1) is 18.8. The van der Waals surface area contributed by atoms with Gasteiger partial charge in [-0.25, -0.2) is 4.98 Å². The molecule has 2 aliphatic rings. The molecule has 26 heavy (non-hydrogen) atoms. The van der Waals surface area contributed by atoms with E-state index >= 15 is 0 Å². The number of nitrogens with two attached hydrogens (primary N) is 1. The Morgan fingerprint density at radius 3 is 2.62 bits per heavy atom. The van der Waals surface area contributed by atoms with Gasteiger partial charge in [0.25, 0.3) is 5.91 Å². The van der Waals surface area contributed by atoms with Gasteiger partial charge in [0, 0.05) is 25.4 Å². The van der Waals surface area contributed by atoms with Crippen LogP contribution in [0.2, 0.25) is 0 Å². The molecule has 5 N–H and O–H groups in total. The Morgan fingerprint density at radius 1 is 1.19 bits per heavy atom. The van der Waals surface area contributed by atoms with Gasteiger partial charge in [-0.2, -0.15) is 4.98 Å². The lowest BCUT2D eigenvalue weighted by molar-refractivity contribution is 0.0681. The molecule has 0 radical (unpaired) electrons. The predicted molar refractivity (Wildman–Crippen MR) is 99.1 cm³/mol. The molecule has 1 aromatic heterocycles. The number of aliphatic hydroxyl groups is 1. The number of aromatic nitrogens is 2. The number of nitrogens with one attached hydrogen (secondary N) is 2. The van der Waals surface area contributed by atoms with E-state index in [9.17, 15) is 9.90 Å². The number of aliphatic hydroxyl groups excluding tert-OH is 1. The zero-order chi connectivity index (χ0) is 18.5. The van der Waals surface area contributed by atoms with E-state index in [0.717, 1.165) is 44.9 Å². The van der Waals surface area contributed by atoms with E-state index in [2.05, 4.69) is 20.6 Å². The predicted octanol–water partition coefficient (Wildman–Crippen LogP) is 1.66. The van der Waals surface area contributed by atoms with Crippen molar-refractivity contribution in [2.45, 2.75) is 75.7 Å². The van der Waals surface area contributed by atoms with E-state index < -0.39 is 5.91 Å². The summed E-state index contributed by atoms with van der Waals surface area (Å²) in [5, 5.41) is 16.5. The molecule has 0 aromatic carbocycles. The van der Waals surface area contributed by atoms with Gasteiger partial charge in [0.15, 0.2) is 0 Å². The molecule has 2 saturated carbocycles. The van der Waals surface area contributed by atoms with Gasteiger partial charge in [0.05, 0.1) is 17.8 Å². The number of amides is 1. The highest BCUT2D eigenvalue weighted by atomic mass is 16.5. The topological polar surface area (TPSA) is 122 Å². The van der Waals surface area contributed by atoms with Crippen LogP contribution < -0.4 is 16.4 Å². The molecule has 1 aromatic rings. The normalized spacial score (nSPS) is 29.2. The number of anilines is 2. The number of carbonyl (C=O) groups excluding carboxylic acids is 1. The molecule has 1 unspecified atom stereocenters. The fourth-order valence-electron chi connectivity index (χ4n) is 3.86. The molecule has 144 valence electrons. The Hall–Kier alpha value is -1.93. The quantitative estimate of drug-likeness (QED) is 0.606. The third-order valence-corrected chi connectivity index (χ3v) is 5.38. The second-order valence-corrected chi connectivity index (χ2v) is 7.34. The van der Waals surface area contributed by atoms with E-state index in [1.807, 2.05) is 0 Å². The van der Waals surface area contributed by atoms with Crippen LogP contribution in [0.3, 0.4) is 0 Å². The molecule has 0 aliphatic heterocycles. The maximum Gasteiger partial charge on any atom is 0.254 e. The van der Waals surface area contributed by atoms with E-state index in [-0.39, 0.29) is 17.7 Å². The standard InChI is InChI=1S/C18H29N5O3/c1-26-14-7-5-11(6-8-14)22-18-20-10-15(16(19)25)17(23-18)21-12-3-2-4-13(24)9-12/h10-14,24H,2-9H2,1H3,(H2,19,25)(H2,20,21,22,23)/t11-,12-,13?,14-/m0/s1. The second kappa shape index (κ2) is 8.64. The number of nitrogens with zero attached hydrogens (tertiary/aromatic N) is 2. The summed E-state index contributed by atoms with van der Waals surface area (Å²) < 4.78 is 5.40. The molecule has 0 bridgehead atoms. The van der Waals surface area contributed by atoms with Gasteiger partial charge < -0.3 is 26.2 Å². The molecule has 3 rings (SSSR count). The zero-order valence-electron chi connectivity index (χ0n) is 15.3. The van der Waals surface area contributed by atoms with Crippen LogP contribution in [-0.2, 0) is 4.74 Å². The van der Waals surface area contributed by atoms with Gasteiger partial charge in [0.2, 0.25) is 5.95 Å². The van der Waals surface area contributed by atoms with Crippen LogP contribution in [0.4, 0.5) is 11.8 Å². The molecule has 2 atom stereocenters. The van der Waals surface area contributed by atoms with E-state index in [0.29, 0.717) is 30.3 Å². The highest BCUT2D eigenvalue weighted by molar-refractivity contribution is 5.97. The summed E-state index contributed by atoms with van der Waals surface area (Å²) in [5.74, 6) is 0.380. The molecule has 0 spiro atoms. The van der Waals surface area contributed by atoms with Gasteiger partial charge in [-0.05, 0) is 51.4 Å². The van der Waals surface area contributed by atoms with E-state index in [1.165, 1.54) is 6.20 Å². The number of methoxy groups -OCH3 is 1. The highest BCUT2D eigenvalue weighted by Gasteiger charge is 2.24. The van der Waals surface area contributed by atoms with Gasteiger partial charge in [-0.3, -0.25) is 4.79 Å². The summed E-state index contributed by atoms with van der Waals surface area (Å²) in [5.41, 5.74) is 5.75. The van der Waals surface area contributed by atoms with Crippen LogP contribution >= 0.6 is 0 Å². The molecule has 2 fully saturated rings. The van der Waals surface area contributed by atoms with Gasteiger partial charge >= 0.3 is 0 Å². The van der Waals surface area contributed by atoms with Crippen molar-refractivity contribution in [1.29, 1.82) is 0 Å². The van der Waals surface area contributed by atoms with Crippen molar-refractivity contribution >= 4 is 17.7 Å². The molecular formula is C18H29N5O3. The third kappa shape index (κ3) is 4.82. The lowest BCUT2D eigenvalue weighted by Gasteiger charge is -2.29. The van der Waals surface area contributed by atoms with Crippen LogP contribution in [0.1, 0.15) is 61.7 Å². The van der Waals surface area contributed by atoms with Crippen LogP contribution in [-0.4, -0.2) is 52.4 Å². The van der Waals surface area contributed by atoms with Crippen LogP contribution in [0.15, 0.2) is 6.20 Å². The Balaban J connectivity index is 1.68. The maximum absolute atomic E-state index is 11.7. The smallest absolute Gasteiger partial charge is 0.254 e. The summed E-state index contributed by atoms with van der Waals surface area (Å²) in [4.78, 5) is 20.5. The van der Waals surface area contributed by atoms with Crippen LogP contribution in [0.25, 0.3) is 0 Å². The van der Waals surface area contributed by atoms with Crippen molar-refractivity contribution in [3.05, 3.63) is 11.8 Å². The summed E-state index contributed by atoms with van der Waals surface area (Å²) in [6.45, 7) is 0. The number of carbonyl (C=O) groups is 1. The van der Waals surface area contributed by atoms with Crippen molar-refractivity contribution in [1.82, 2.24) is 9.97 Å². The Morgan fingerprint density at radius 2 is 1.96 bits per heavy atom. The molecule has 8 heteroatoms. The third-order valence-electron chi connectivity index (χ3n) is 5.38. The number of ether oxygens (including phenoxy) is 1. The summed E-state index contributed by atoms with van der Waals surface area (Å²) in [7, 11) is 1.75. The number of hydrogen-bond donors (Lipinski definition) is 4. The Kier molecular flexibility index (Phi) is 6.26. The van der Waals surface area contributed by atoms with Crippen molar-refractivity contribution in [3.8, 4) is 0 Å². The minimum absolute atomic E-state index is 0.0803. The van der Waals surface area contributed by atoms with Gasteiger partial charge in [0.1, 0.15) is 5.82 Å². The summed E-state index contributed by atoms with van der Waals surface area (Å²) >= 11 is 0. The first-order chi connectivity index (χ1) is 12.5.